The molecule has 0 aliphatic heterocycles. The number of aromatic amines is 1. The Morgan fingerprint density at radius 1 is 1.32 bits per heavy atom. The third-order valence-electron chi connectivity index (χ3n) is 4.04. The van der Waals surface area contributed by atoms with E-state index in [1.54, 1.807) is 26.0 Å². The Labute approximate surface area is 147 Å². The number of fused-ring (bicyclic) bond motifs is 1. The van der Waals surface area contributed by atoms with Gasteiger partial charge in [0, 0.05) is 16.8 Å². The summed E-state index contributed by atoms with van der Waals surface area (Å²) >= 11 is 5.88. The van der Waals surface area contributed by atoms with Crippen molar-refractivity contribution in [3.63, 3.8) is 0 Å². The molecule has 0 bridgehead atoms. The predicted molar refractivity (Wildman–Crippen MR) is 91.4 cm³/mol. The molecule has 0 aliphatic rings. The Hall–Kier alpha value is -2.80. The Balaban J connectivity index is 2.00. The number of nitrogens with zero attached hydrogens (tertiary/aromatic N) is 1. The van der Waals surface area contributed by atoms with Crippen molar-refractivity contribution in [2.24, 2.45) is 0 Å². The van der Waals surface area contributed by atoms with Crippen molar-refractivity contribution in [1.29, 1.82) is 0 Å². The summed E-state index contributed by atoms with van der Waals surface area (Å²) in [5, 5.41) is 0.429. The van der Waals surface area contributed by atoms with Gasteiger partial charge in [-0.1, -0.05) is 11.6 Å². The summed E-state index contributed by atoms with van der Waals surface area (Å²) < 4.78 is 11.1. The van der Waals surface area contributed by atoms with Gasteiger partial charge in [0.1, 0.15) is 0 Å². The number of rotatable bonds is 4. The van der Waals surface area contributed by atoms with Crippen molar-refractivity contribution in [3.8, 4) is 0 Å². The molecule has 25 heavy (non-hydrogen) atoms. The number of aryl methyl sites for hydroxylation is 1. The Morgan fingerprint density at radius 3 is 2.72 bits per heavy atom. The number of ether oxygens (including phenoxy) is 1. The first kappa shape index (κ1) is 17.0. The average Bonchev–Trinajstić information content (AvgIpc) is 3.03. The number of carbonyl (C=O) groups excluding carboxylic acids is 2. The molecule has 1 aromatic carbocycles. The van der Waals surface area contributed by atoms with Crippen LogP contribution in [0.25, 0.3) is 11.1 Å². The van der Waals surface area contributed by atoms with Crippen LogP contribution in [0.3, 0.4) is 0 Å². The van der Waals surface area contributed by atoms with Crippen molar-refractivity contribution in [3.05, 3.63) is 56.3 Å². The minimum absolute atomic E-state index is 0.227. The summed E-state index contributed by atoms with van der Waals surface area (Å²) in [7, 11) is 1.28. The van der Waals surface area contributed by atoms with Crippen LogP contribution >= 0.6 is 11.6 Å². The van der Waals surface area contributed by atoms with Gasteiger partial charge in [-0.3, -0.25) is 9.36 Å². The van der Waals surface area contributed by atoms with E-state index in [9.17, 15) is 14.4 Å². The molecule has 0 aliphatic carbocycles. The third-order valence-corrected chi connectivity index (χ3v) is 4.27. The maximum atomic E-state index is 12.7. The third kappa shape index (κ3) is 2.87. The number of benzene rings is 1. The van der Waals surface area contributed by atoms with E-state index in [4.69, 9.17) is 20.8 Å². The van der Waals surface area contributed by atoms with Crippen molar-refractivity contribution in [2.45, 2.75) is 20.4 Å². The van der Waals surface area contributed by atoms with Gasteiger partial charge in [0.15, 0.2) is 11.4 Å². The summed E-state index contributed by atoms with van der Waals surface area (Å²) in [6, 6.07) is 4.74. The summed E-state index contributed by atoms with van der Waals surface area (Å²) in [4.78, 5) is 39.4. The number of methoxy groups -OCH3 is 1. The van der Waals surface area contributed by atoms with Crippen molar-refractivity contribution < 1.29 is 18.7 Å². The second-order valence-electron chi connectivity index (χ2n) is 5.61. The number of hydrogen-bond donors (Lipinski definition) is 1. The number of Topliss-reactive ketones (excluding diaryl/α,β-unsaturated/α-hetero) is 1. The first-order chi connectivity index (χ1) is 11.8. The number of oxazole rings is 1. The number of aromatic nitrogens is 2. The van der Waals surface area contributed by atoms with Crippen LogP contribution in [-0.2, 0) is 11.3 Å². The SMILES string of the molecule is COC(=O)c1c(C)[nH]c(C(=O)Cn2c(=O)oc3cc(Cl)ccc32)c1C. The highest BCUT2D eigenvalue weighted by Crippen LogP contribution is 2.21. The monoisotopic (exact) mass is 362 g/mol. The van der Waals surface area contributed by atoms with Crippen LogP contribution in [0.2, 0.25) is 5.02 Å². The second-order valence-corrected chi connectivity index (χ2v) is 6.04. The number of halogens is 1. The molecular weight excluding hydrogens is 348 g/mol. The summed E-state index contributed by atoms with van der Waals surface area (Å²) in [5.74, 6) is -1.53. The molecule has 0 fully saturated rings. The van der Waals surface area contributed by atoms with E-state index in [2.05, 4.69) is 4.98 Å². The zero-order chi connectivity index (χ0) is 18.3. The normalized spacial score (nSPS) is 11.0. The molecule has 130 valence electrons. The summed E-state index contributed by atoms with van der Waals surface area (Å²) in [5.41, 5.74) is 2.37. The van der Waals surface area contributed by atoms with Gasteiger partial charge in [-0.25, -0.2) is 9.59 Å². The van der Waals surface area contributed by atoms with E-state index >= 15 is 0 Å². The topological polar surface area (TPSA) is 94.3 Å². The van der Waals surface area contributed by atoms with Crippen LogP contribution in [0.1, 0.15) is 32.1 Å². The largest absolute Gasteiger partial charge is 0.465 e. The van der Waals surface area contributed by atoms with Crippen molar-refractivity contribution in [2.75, 3.05) is 7.11 Å². The first-order valence-corrected chi connectivity index (χ1v) is 7.80. The lowest BCUT2D eigenvalue weighted by Crippen LogP contribution is -2.21. The van der Waals surface area contributed by atoms with Gasteiger partial charge in [0.2, 0.25) is 0 Å². The number of ketones is 1. The predicted octanol–water partition coefficient (Wildman–Crippen LogP) is 2.86. The van der Waals surface area contributed by atoms with Gasteiger partial charge in [-0.05, 0) is 31.5 Å². The molecule has 0 saturated carbocycles. The Kier molecular flexibility index (Phi) is 4.26. The zero-order valence-corrected chi connectivity index (χ0v) is 14.6. The Bertz CT molecular complexity index is 1060. The van der Waals surface area contributed by atoms with Gasteiger partial charge in [-0.15, -0.1) is 0 Å². The van der Waals surface area contributed by atoms with Gasteiger partial charge >= 0.3 is 11.7 Å². The van der Waals surface area contributed by atoms with Crippen LogP contribution in [0.4, 0.5) is 0 Å². The van der Waals surface area contributed by atoms with E-state index in [1.165, 1.54) is 17.7 Å². The lowest BCUT2D eigenvalue weighted by atomic mass is 10.1. The molecule has 0 unspecified atom stereocenters. The van der Waals surface area contributed by atoms with Crippen LogP contribution in [0.15, 0.2) is 27.4 Å². The van der Waals surface area contributed by atoms with Crippen molar-refractivity contribution >= 4 is 34.5 Å². The highest BCUT2D eigenvalue weighted by atomic mass is 35.5. The van der Waals surface area contributed by atoms with Gasteiger partial charge < -0.3 is 14.1 Å². The molecule has 0 atom stereocenters. The maximum absolute atomic E-state index is 12.7. The lowest BCUT2D eigenvalue weighted by Gasteiger charge is -2.03. The van der Waals surface area contributed by atoms with Crippen LogP contribution in [-0.4, -0.2) is 28.4 Å². The van der Waals surface area contributed by atoms with Crippen LogP contribution in [0.5, 0.6) is 0 Å². The molecule has 1 N–H and O–H groups in total. The van der Waals surface area contributed by atoms with Gasteiger partial charge in [-0.2, -0.15) is 0 Å². The number of esters is 1. The number of nitrogens with one attached hydrogen (secondary N) is 1. The van der Waals surface area contributed by atoms with E-state index < -0.39 is 11.7 Å². The van der Waals surface area contributed by atoms with E-state index in [-0.39, 0.29) is 18.0 Å². The van der Waals surface area contributed by atoms with E-state index in [0.29, 0.717) is 32.9 Å². The Morgan fingerprint density at radius 2 is 2.04 bits per heavy atom. The molecule has 0 radical (unpaired) electrons. The zero-order valence-electron chi connectivity index (χ0n) is 13.8. The van der Waals surface area contributed by atoms with Gasteiger partial charge in [0.25, 0.3) is 0 Å². The molecule has 8 heteroatoms. The summed E-state index contributed by atoms with van der Waals surface area (Å²) in [6.45, 7) is 3.10. The fraction of sp³-hybridized carbons (Fsp3) is 0.235. The van der Waals surface area contributed by atoms with Gasteiger partial charge in [0.05, 0.1) is 30.4 Å². The fourth-order valence-electron chi connectivity index (χ4n) is 2.85. The van der Waals surface area contributed by atoms with E-state index in [0.717, 1.165) is 0 Å². The summed E-state index contributed by atoms with van der Waals surface area (Å²) in [6.07, 6.45) is 0. The minimum Gasteiger partial charge on any atom is -0.465 e. The molecular formula is C17H15ClN2O5. The molecule has 2 aromatic heterocycles. The van der Waals surface area contributed by atoms with E-state index in [1.807, 2.05) is 0 Å². The molecule has 0 saturated heterocycles. The number of H-pyrrole nitrogens is 1. The van der Waals surface area contributed by atoms with Crippen LogP contribution in [0, 0.1) is 13.8 Å². The molecule has 7 nitrogen and oxygen atoms in total. The van der Waals surface area contributed by atoms with Crippen LogP contribution < -0.4 is 5.76 Å². The lowest BCUT2D eigenvalue weighted by molar-refractivity contribution is 0.0599. The second kappa shape index (κ2) is 6.25. The number of carbonyl (C=O) groups is 2. The standard InChI is InChI=1S/C17H15ClN2O5/c1-8-14(16(22)24-3)9(2)19-15(8)12(21)7-20-11-5-4-10(18)6-13(11)25-17(20)23/h4-6,19H,7H2,1-3H3. The minimum atomic E-state index is -0.653. The number of hydrogen-bond acceptors (Lipinski definition) is 5. The molecule has 3 aromatic rings. The first-order valence-electron chi connectivity index (χ1n) is 7.43. The molecule has 0 spiro atoms. The molecule has 0 amide bonds. The average molecular weight is 363 g/mol. The quantitative estimate of drug-likeness (QED) is 0.569. The molecule has 3 rings (SSSR count). The molecule has 2 heterocycles. The maximum Gasteiger partial charge on any atom is 0.420 e. The highest BCUT2D eigenvalue weighted by Gasteiger charge is 2.23. The smallest absolute Gasteiger partial charge is 0.420 e. The highest BCUT2D eigenvalue weighted by molar-refractivity contribution is 6.31. The fourth-order valence-corrected chi connectivity index (χ4v) is 3.01. The van der Waals surface area contributed by atoms with Crippen molar-refractivity contribution in [1.82, 2.24) is 9.55 Å².